The first-order chi connectivity index (χ1) is 10.1. The lowest BCUT2D eigenvalue weighted by Gasteiger charge is -2.40. The molecule has 0 radical (unpaired) electrons. The zero-order valence-corrected chi connectivity index (χ0v) is 13.3. The molecule has 1 aliphatic rings. The standard InChI is InChI=1S/C16H24ClFN2O/c1-2-21-16(9-5-3-4-6-10-16)15(20-19)13-11-12(18)7-8-14(13)17/h7-8,11,15,20H,2-6,9-10,19H2,1H3. The first-order valence-electron chi connectivity index (χ1n) is 7.68. The summed E-state index contributed by atoms with van der Waals surface area (Å²) in [5.41, 5.74) is 3.09. The van der Waals surface area contributed by atoms with Crippen molar-refractivity contribution in [1.82, 2.24) is 5.43 Å². The maximum absolute atomic E-state index is 13.6. The number of benzene rings is 1. The minimum atomic E-state index is -0.419. The number of hydrogen-bond donors (Lipinski definition) is 2. The Bertz CT molecular complexity index is 462. The van der Waals surface area contributed by atoms with Crippen LogP contribution in [0.1, 0.15) is 57.1 Å². The highest BCUT2D eigenvalue weighted by molar-refractivity contribution is 6.31. The lowest BCUT2D eigenvalue weighted by atomic mass is 9.82. The molecule has 1 aliphatic carbocycles. The van der Waals surface area contributed by atoms with Crippen LogP contribution < -0.4 is 11.3 Å². The van der Waals surface area contributed by atoms with Crippen molar-refractivity contribution in [2.45, 2.75) is 57.1 Å². The molecular formula is C16H24ClFN2O. The Hall–Kier alpha value is -0.680. The molecule has 3 N–H and O–H groups in total. The number of nitrogens with one attached hydrogen (secondary N) is 1. The van der Waals surface area contributed by atoms with E-state index in [1.165, 1.54) is 25.0 Å². The highest BCUT2D eigenvalue weighted by Gasteiger charge is 2.41. The number of halogens is 2. The smallest absolute Gasteiger partial charge is 0.123 e. The van der Waals surface area contributed by atoms with Crippen LogP contribution in [0.25, 0.3) is 0 Å². The van der Waals surface area contributed by atoms with Crippen LogP contribution in [-0.4, -0.2) is 12.2 Å². The lowest BCUT2D eigenvalue weighted by molar-refractivity contribution is -0.0783. The van der Waals surface area contributed by atoms with Crippen molar-refractivity contribution in [3.8, 4) is 0 Å². The van der Waals surface area contributed by atoms with Crippen LogP contribution >= 0.6 is 11.6 Å². The van der Waals surface area contributed by atoms with E-state index in [2.05, 4.69) is 5.43 Å². The van der Waals surface area contributed by atoms with E-state index in [0.717, 1.165) is 25.7 Å². The van der Waals surface area contributed by atoms with Crippen molar-refractivity contribution in [2.75, 3.05) is 6.61 Å². The molecule has 1 aromatic carbocycles. The molecule has 1 aromatic rings. The maximum atomic E-state index is 13.6. The Labute approximate surface area is 131 Å². The highest BCUT2D eigenvalue weighted by atomic mass is 35.5. The molecule has 0 aliphatic heterocycles. The molecular weight excluding hydrogens is 291 g/mol. The number of rotatable bonds is 5. The van der Waals surface area contributed by atoms with Crippen molar-refractivity contribution in [3.63, 3.8) is 0 Å². The predicted octanol–water partition coefficient (Wildman–Crippen LogP) is 4.11. The largest absolute Gasteiger partial charge is 0.373 e. The number of hydrogen-bond acceptors (Lipinski definition) is 3. The van der Waals surface area contributed by atoms with Gasteiger partial charge >= 0.3 is 0 Å². The first-order valence-corrected chi connectivity index (χ1v) is 8.06. The Morgan fingerprint density at radius 2 is 2.00 bits per heavy atom. The zero-order valence-electron chi connectivity index (χ0n) is 12.5. The molecule has 1 unspecified atom stereocenters. The van der Waals surface area contributed by atoms with Crippen LogP contribution in [0.4, 0.5) is 4.39 Å². The van der Waals surface area contributed by atoms with Crippen LogP contribution in [0.2, 0.25) is 5.02 Å². The fourth-order valence-corrected chi connectivity index (χ4v) is 3.62. The third kappa shape index (κ3) is 3.75. The third-order valence-corrected chi connectivity index (χ3v) is 4.69. The second kappa shape index (κ2) is 7.54. The summed E-state index contributed by atoms with van der Waals surface area (Å²) in [7, 11) is 0. The van der Waals surface area contributed by atoms with E-state index in [-0.39, 0.29) is 11.9 Å². The van der Waals surface area contributed by atoms with Crippen molar-refractivity contribution in [2.24, 2.45) is 5.84 Å². The van der Waals surface area contributed by atoms with Crippen LogP contribution in [0, 0.1) is 5.82 Å². The Balaban J connectivity index is 2.41. The summed E-state index contributed by atoms with van der Waals surface area (Å²) in [6, 6.07) is 4.09. The van der Waals surface area contributed by atoms with Gasteiger partial charge in [-0.05, 0) is 43.5 Å². The van der Waals surface area contributed by atoms with E-state index < -0.39 is 5.60 Å². The van der Waals surface area contributed by atoms with Gasteiger partial charge in [-0.3, -0.25) is 11.3 Å². The van der Waals surface area contributed by atoms with Gasteiger partial charge in [-0.2, -0.15) is 0 Å². The zero-order chi connectivity index (χ0) is 15.3. The van der Waals surface area contributed by atoms with Gasteiger partial charge in [-0.1, -0.05) is 37.3 Å². The van der Waals surface area contributed by atoms with E-state index in [4.69, 9.17) is 22.2 Å². The molecule has 0 heterocycles. The summed E-state index contributed by atoms with van der Waals surface area (Å²) in [5.74, 6) is 5.50. The minimum absolute atomic E-state index is 0.307. The van der Waals surface area contributed by atoms with Crippen molar-refractivity contribution < 1.29 is 9.13 Å². The summed E-state index contributed by atoms with van der Waals surface area (Å²) in [4.78, 5) is 0. The Kier molecular flexibility index (Phi) is 5.99. The summed E-state index contributed by atoms with van der Waals surface area (Å²) in [6.45, 7) is 2.58. The summed E-state index contributed by atoms with van der Waals surface area (Å²) in [5, 5.41) is 0.516. The van der Waals surface area contributed by atoms with E-state index >= 15 is 0 Å². The second-order valence-electron chi connectivity index (χ2n) is 5.68. The topological polar surface area (TPSA) is 47.3 Å². The number of ether oxygens (including phenoxy) is 1. The van der Waals surface area contributed by atoms with Gasteiger partial charge in [0.15, 0.2) is 0 Å². The normalized spacial score (nSPS) is 20.0. The molecule has 0 amide bonds. The van der Waals surface area contributed by atoms with Crippen LogP contribution in [0.3, 0.4) is 0 Å². The highest BCUT2D eigenvalue weighted by Crippen LogP contribution is 2.42. The molecule has 1 fully saturated rings. The molecule has 0 bridgehead atoms. The van der Waals surface area contributed by atoms with Gasteiger partial charge < -0.3 is 4.74 Å². The van der Waals surface area contributed by atoms with Gasteiger partial charge in [0.2, 0.25) is 0 Å². The molecule has 0 aromatic heterocycles. The Morgan fingerprint density at radius 1 is 1.33 bits per heavy atom. The molecule has 1 saturated carbocycles. The van der Waals surface area contributed by atoms with E-state index in [1.54, 1.807) is 6.07 Å². The SMILES string of the molecule is CCOC1(C(NN)c2cc(F)ccc2Cl)CCCCCC1. The maximum Gasteiger partial charge on any atom is 0.123 e. The summed E-state index contributed by atoms with van der Waals surface area (Å²) < 4.78 is 19.8. The fraction of sp³-hybridized carbons (Fsp3) is 0.625. The molecule has 3 nitrogen and oxygen atoms in total. The molecule has 1 atom stereocenters. The average molecular weight is 315 g/mol. The monoisotopic (exact) mass is 314 g/mol. The van der Waals surface area contributed by atoms with Crippen molar-refractivity contribution in [3.05, 3.63) is 34.6 Å². The van der Waals surface area contributed by atoms with Gasteiger partial charge in [0, 0.05) is 11.6 Å². The number of hydrazine groups is 1. The quantitative estimate of drug-likeness (QED) is 0.488. The second-order valence-corrected chi connectivity index (χ2v) is 6.08. The van der Waals surface area contributed by atoms with Gasteiger partial charge in [0.25, 0.3) is 0 Å². The number of nitrogens with two attached hydrogens (primary N) is 1. The molecule has 21 heavy (non-hydrogen) atoms. The first kappa shape index (κ1) is 16.7. The molecule has 5 heteroatoms. The van der Waals surface area contributed by atoms with Gasteiger partial charge in [-0.25, -0.2) is 4.39 Å². The summed E-state index contributed by atoms with van der Waals surface area (Å²) >= 11 is 6.27. The molecule has 0 spiro atoms. The van der Waals surface area contributed by atoms with Crippen LogP contribution in [0.5, 0.6) is 0 Å². The van der Waals surface area contributed by atoms with Crippen molar-refractivity contribution >= 4 is 11.6 Å². The van der Waals surface area contributed by atoms with Gasteiger partial charge in [-0.15, -0.1) is 0 Å². The fourth-order valence-electron chi connectivity index (χ4n) is 3.39. The third-order valence-electron chi connectivity index (χ3n) is 4.34. The lowest BCUT2D eigenvalue weighted by Crippen LogP contribution is -2.48. The van der Waals surface area contributed by atoms with E-state index in [9.17, 15) is 4.39 Å². The Morgan fingerprint density at radius 3 is 2.57 bits per heavy atom. The molecule has 0 saturated heterocycles. The average Bonchev–Trinajstić information content (AvgIpc) is 2.70. The van der Waals surface area contributed by atoms with E-state index in [1.807, 2.05) is 6.92 Å². The van der Waals surface area contributed by atoms with Crippen molar-refractivity contribution in [1.29, 1.82) is 0 Å². The molecule has 118 valence electrons. The van der Waals surface area contributed by atoms with Crippen LogP contribution in [-0.2, 0) is 4.74 Å². The summed E-state index contributed by atoms with van der Waals surface area (Å²) in [6.07, 6.45) is 6.38. The van der Waals surface area contributed by atoms with E-state index in [0.29, 0.717) is 17.2 Å². The van der Waals surface area contributed by atoms with Gasteiger partial charge in [0.05, 0.1) is 11.6 Å². The molecule has 2 rings (SSSR count). The predicted molar refractivity (Wildman–Crippen MR) is 83.5 cm³/mol. The van der Waals surface area contributed by atoms with Gasteiger partial charge in [0.1, 0.15) is 5.82 Å². The van der Waals surface area contributed by atoms with Crippen LogP contribution in [0.15, 0.2) is 18.2 Å². The minimum Gasteiger partial charge on any atom is -0.373 e.